The molecule has 7 heteroatoms. The first-order valence-corrected chi connectivity index (χ1v) is 7.76. The third-order valence-electron chi connectivity index (χ3n) is 1.55. The van der Waals surface area contributed by atoms with E-state index in [0.29, 0.717) is 11.0 Å². The molecule has 0 aliphatic rings. The molecule has 1 atom stereocenters. The minimum atomic E-state index is -3.54. The maximum Gasteiger partial charge on any atom is 0.640 e. The highest BCUT2D eigenvalue weighted by molar-refractivity contribution is 8.44. The average molecular weight is 243 g/mol. The SMILES string of the molecule is CCS(=O)(=O)[P+](=O)OCC[N+](C)(C)C. The number of hydrogen-bond acceptors (Lipinski definition) is 4. The van der Waals surface area contributed by atoms with Crippen LogP contribution < -0.4 is 0 Å². The van der Waals surface area contributed by atoms with Crippen molar-refractivity contribution < 1.29 is 22.0 Å². The molecule has 0 aromatic heterocycles. The minimum absolute atomic E-state index is 0.146. The summed E-state index contributed by atoms with van der Waals surface area (Å²) in [4.78, 5) is 0. The Morgan fingerprint density at radius 3 is 2.14 bits per heavy atom. The van der Waals surface area contributed by atoms with E-state index in [9.17, 15) is 13.0 Å². The van der Waals surface area contributed by atoms with Crippen LogP contribution >= 0.6 is 7.23 Å². The van der Waals surface area contributed by atoms with Gasteiger partial charge in [-0.15, -0.1) is 4.52 Å². The topological polar surface area (TPSA) is 60.4 Å². The summed E-state index contributed by atoms with van der Waals surface area (Å²) >= 11 is 0. The first kappa shape index (κ1) is 14.0. The largest absolute Gasteiger partial charge is 0.640 e. The Labute approximate surface area is 86.2 Å². The number of nitrogens with zero attached hydrogens (tertiary/aromatic N) is 1. The molecule has 0 aromatic carbocycles. The van der Waals surface area contributed by atoms with Crippen LogP contribution in [0.1, 0.15) is 6.92 Å². The van der Waals surface area contributed by atoms with E-state index in [1.807, 2.05) is 21.1 Å². The normalized spacial score (nSPS) is 14.1. The van der Waals surface area contributed by atoms with Crippen LogP contribution in [0.15, 0.2) is 0 Å². The van der Waals surface area contributed by atoms with Crippen molar-refractivity contribution in [1.82, 2.24) is 0 Å². The maximum atomic E-state index is 11.1. The van der Waals surface area contributed by atoms with Gasteiger partial charge < -0.3 is 4.48 Å². The van der Waals surface area contributed by atoms with Gasteiger partial charge >= 0.3 is 16.7 Å². The van der Waals surface area contributed by atoms with Crippen LogP contribution in [0.25, 0.3) is 0 Å². The Morgan fingerprint density at radius 2 is 1.79 bits per heavy atom. The van der Waals surface area contributed by atoms with Crippen molar-refractivity contribution in [2.24, 2.45) is 0 Å². The van der Waals surface area contributed by atoms with Gasteiger partial charge in [0.25, 0.3) is 0 Å². The average Bonchev–Trinajstić information content (AvgIpc) is 2.02. The lowest BCUT2D eigenvalue weighted by molar-refractivity contribution is -0.870. The third kappa shape index (κ3) is 5.65. The predicted octanol–water partition coefficient (Wildman–Crippen LogP) is 0.801. The molecule has 0 radical (unpaired) electrons. The van der Waals surface area contributed by atoms with Crippen molar-refractivity contribution in [3.05, 3.63) is 0 Å². The predicted molar refractivity (Wildman–Crippen MR) is 55.9 cm³/mol. The second-order valence-electron chi connectivity index (χ2n) is 3.94. The second kappa shape index (κ2) is 5.16. The van der Waals surface area contributed by atoms with E-state index in [0.717, 1.165) is 0 Å². The molecule has 0 saturated heterocycles. The van der Waals surface area contributed by atoms with Gasteiger partial charge in [0.15, 0.2) is 6.61 Å². The number of hydrogen-bond donors (Lipinski definition) is 0. The van der Waals surface area contributed by atoms with E-state index in [1.54, 1.807) is 0 Å². The zero-order chi connectivity index (χ0) is 11.4. The summed E-state index contributed by atoms with van der Waals surface area (Å²) in [6, 6.07) is 0. The van der Waals surface area contributed by atoms with Gasteiger partial charge in [0.2, 0.25) is 0 Å². The van der Waals surface area contributed by atoms with Crippen LogP contribution in [0, 0.1) is 0 Å². The van der Waals surface area contributed by atoms with Crippen LogP contribution in [0.5, 0.6) is 0 Å². The third-order valence-corrected chi connectivity index (χ3v) is 5.58. The number of rotatable bonds is 6. The van der Waals surface area contributed by atoms with Gasteiger partial charge in [0, 0.05) is 0 Å². The summed E-state index contributed by atoms with van der Waals surface area (Å²) in [5, 5.41) is 0. The van der Waals surface area contributed by atoms with Crippen molar-refractivity contribution in [2.75, 3.05) is 40.0 Å². The molecule has 0 N–H and O–H groups in total. The van der Waals surface area contributed by atoms with Gasteiger partial charge in [-0.25, -0.2) is 0 Å². The van der Waals surface area contributed by atoms with Crippen molar-refractivity contribution in [3.8, 4) is 0 Å². The van der Waals surface area contributed by atoms with E-state index in [-0.39, 0.29) is 12.4 Å². The van der Waals surface area contributed by atoms with Gasteiger partial charge in [-0.3, -0.25) is 0 Å². The first-order valence-electron chi connectivity index (χ1n) is 4.32. The smallest absolute Gasteiger partial charge is 0.329 e. The summed E-state index contributed by atoms with van der Waals surface area (Å²) in [5.41, 5.74) is 0. The number of likely N-dealkylation sites (N-methyl/N-ethyl adjacent to an activating group) is 1. The Balaban J connectivity index is 4.00. The van der Waals surface area contributed by atoms with Crippen LogP contribution in [-0.4, -0.2) is 52.9 Å². The molecule has 1 unspecified atom stereocenters. The fourth-order valence-electron chi connectivity index (χ4n) is 0.575. The standard InChI is InChI=1S/C7H18NO4PS/c1-5-14(10,11)13(9)12-7-6-8(2,3)4/h5-7H2,1-4H3/q+2. The zero-order valence-corrected chi connectivity index (χ0v) is 10.8. The molecule has 0 heterocycles. The summed E-state index contributed by atoms with van der Waals surface area (Å²) in [5.74, 6) is -0.146. The Morgan fingerprint density at radius 1 is 1.29 bits per heavy atom. The maximum absolute atomic E-state index is 11.1. The Hall–Kier alpha value is -0.0300. The molecule has 0 amide bonds. The Kier molecular flexibility index (Phi) is 5.15. The molecule has 14 heavy (non-hydrogen) atoms. The van der Waals surface area contributed by atoms with Crippen LogP contribution in [0.4, 0.5) is 0 Å². The molecule has 0 fully saturated rings. The highest BCUT2D eigenvalue weighted by Gasteiger charge is 2.36. The minimum Gasteiger partial charge on any atom is -0.329 e. The molecule has 5 nitrogen and oxygen atoms in total. The van der Waals surface area contributed by atoms with Gasteiger partial charge in [0.1, 0.15) is 6.54 Å². The summed E-state index contributed by atoms with van der Waals surface area (Å²) in [6.45, 7) is 2.27. The van der Waals surface area contributed by atoms with Crippen molar-refractivity contribution in [2.45, 2.75) is 6.92 Å². The van der Waals surface area contributed by atoms with E-state index < -0.39 is 16.7 Å². The van der Waals surface area contributed by atoms with Crippen molar-refractivity contribution >= 4 is 16.7 Å². The quantitative estimate of drug-likeness (QED) is 0.511. The molecular formula is C7H18NO4PS+2. The lowest BCUT2D eigenvalue weighted by atomic mass is 10.5. The summed E-state index contributed by atoms with van der Waals surface area (Å²) in [6.07, 6.45) is 0. The van der Waals surface area contributed by atoms with E-state index in [2.05, 4.69) is 0 Å². The van der Waals surface area contributed by atoms with Crippen LogP contribution in [0.3, 0.4) is 0 Å². The van der Waals surface area contributed by atoms with E-state index in [1.165, 1.54) is 6.92 Å². The molecule has 0 aromatic rings. The molecule has 0 rings (SSSR count). The van der Waals surface area contributed by atoms with Gasteiger partial charge in [-0.05, 0) is 11.5 Å². The van der Waals surface area contributed by atoms with Crippen molar-refractivity contribution in [3.63, 3.8) is 0 Å². The van der Waals surface area contributed by atoms with Crippen LogP contribution in [-0.2, 0) is 18.5 Å². The lowest BCUT2D eigenvalue weighted by Gasteiger charge is -2.21. The fraction of sp³-hybridized carbons (Fsp3) is 1.00. The monoisotopic (exact) mass is 243 g/mol. The highest BCUT2D eigenvalue weighted by atomic mass is 32.8. The number of quaternary nitrogens is 1. The first-order chi connectivity index (χ1) is 6.19. The van der Waals surface area contributed by atoms with Gasteiger partial charge in [-0.1, -0.05) is 0 Å². The molecular weight excluding hydrogens is 225 g/mol. The molecule has 0 bridgehead atoms. The van der Waals surface area contributed by atoms with E-state index >= 15 is 0 Å². The molecule has 0 spiro atoms. The lowest BCUT2D eigenvalue weighted by Crippen LogP contribution is -2.37. The molecule has 84 valence electrons. The molecule has 0 aliphatic carbocycles. The van der Waals surface area contributed by atoms with Crippen LogP contribution in [0.2, 0.25) is 0 Å². The van der Waals surface area contributed by atoms with Gasteiger partial charge in [-0.2, -0.15) is 8.42 Å². The van der Waals surface area contributed by atoms with E-state index in [4.69, 9.17) is 4.52 Å². The molecule has 0 saturated carbocycles. The molecule has 0 aliphatic heterocycles. The van der Waals surface area contributed by atoms with Gasteiger partial charge in [0.05, 0.1) is 26.9 Å². The second-order valence-corrected chi connectivity index (χ2v) is 8.95. The Bertz CT molecular complexity index is 293. The fourth-order valence-corrected chi connectivity index (χ4v) is 2.51. The summed E-state index contributed by atoms with van der Waals surface area (Å²) < 4.78 is 38.6. The summed E-state index contributed by atoms with van der Waals surface area (Å²) in [7, 11) is -0.253. The zero-order valence-electron chi connectivity index (χ0n) is 9.06. The highest BCUT2D eigenvalue weighted by Crippen LogP contribution is 2.31. The van der Waals surface area contributed by atoms with Crippen molar-refractivity contribution in [1.29, 1.82) is 0 Å².